The number of aromatic carboxylic acids is 1. The van der Waals surface area contributed by atoms with Crippen molar-refractivity contribution in [3.63, 3.8) is 0 Å². The van der Waals surface area contributed by atoms with Gasteiger partial charge in [0, 0.05) is 24.5 Å². The zero-order valence-corrected chi connectivity index (χ0v) is 11.8. The fraction of sp³-hybridized carbons (Fsp3) is 0.154. The number of aryl methyl sites for hydroxylation is 1. The van der Waals surface area contributed by atoms with E-state index in [1.165, 1.54) is 29.1 Å². The lowest BCUT2D eigenvalue weighted by Gasteiger charge is -2.11. The number of hydrogen-bond acceptors (Lipinski definition) is 4. The number of nitrogens with one attached hydrogen (secondary N) is 1. The Balaban J connectivity index is 2.16. The van der Waals surface area contributed by atoms with Crippen LogP contribution in [-0.4, -0.2) is 26.8 Å². The third-order valence-corrected chi connectivity index (χ3v) is 3.16. The molecular formula is C13H13ClN4O3. The van der Waals surface area contributed by atoms with Crippen LogP contribution < -0.4 is 11.1 Å². The van der Waals surface area contributed by atoms with E-state index in [0.717, 1.165) is 0 Å². The normalized spacial score (nSPS) is 12.0. The minimum atomic E-state index is -1.17. The summed E-state index contributed by atoms with van der Waals surface area (Å²) in [5.74, 6) is -1.64. The van der Waals surface area contributed by atoms with Gasteiger partial charge in [-0.2, -0.15) is 5.10 Å². The van der Waals surface area contributed by atoms with Gasteiger partial charge in [0.05, 0.1) is 16.8 Å². The second kappa shape index (κ2) is 5.94. The SMILES string of the molecule is Cn1cc(C(N)C(=O)Nc2ccc(Cl)c(C(=O)O)c2)cn1. The molecule has 0 fully saturated rings. The molecular weight excluding hydrogens is 296 g/mol. The Kier molecular flexibility index (Phi) is 4.25. The predicted octanol–water partition coefficient (Wildman–Crippen LogP) is 1.41. The number of carbonyl (C=O) groups excluding carboxylic acids is 1. The molecule has 0 saturated carbocycles. The van der Waals surface area contributed by atoms with E-state index in [1.54, 1.807) is 13.2 Å². The van der Waals surface area contributed by atoms with Crippen LogP contribution in [0.25, 0.3) is 0 Å². The van der Waals surface area contributed by atoms with Gasteiger partial charge >= 0.3 is 5.97 Å². The molecule has 1 aromatic heterocycles. The lowest BCUT2D eigenvalue weighted by atomic mass is 10.1. The van der Waals surface area contributed by atoms with Gasteiger partial charge in [-0.25, -0.2) is 4.79 Å². The van der Waals surface area contributed by atoms with Gasteiger partial charge in [-0.15, -0.1) is 0 Å². The van der Waals surface area contributed by atoms with E-state index in [4.69, 9.17) is 22.4 Å². The first kappa shape index (κ1) is 15.0. The molecule has 0 aliphatic heterocycles. The quantitative estimate of drug-likeness (QED) is 0.791. The lowest BCUT2D eigenvalue weighted by Crippen LogP contribution is -2.27. The summed E-state index contributed by atoms with van der Waals surface area (Å²) in [5, 5.41) is 15.6. The van der Waals surface area contributed by atoms with E-state index in [0.29, 0.717) is 11.3 Å². The number of amides is 1. The molecule has 1 heterocycles. The number of benzene rings is 1. The largest absolute Gasteiger partial charge is 0.478 e. The highest BCUT2D eigenvalue weighted by atomic mass is 35.5. The first-order valence-corrected chi connectivity index (χ1v) is 6.34. The van der Waals surface area contributed by atoms with Gasteiger partial charge in [0.25, 0.3) is 0 Å². The maximum absolute atomic E-state index is 12.0. The monoisotopic (exact) mass is 308 g/mol. The van der Waals surface area contributed by atoms with Crippen molar-refractivity contribution in [3.05, 3.63) is 46.7 Å². The lowest BCUT2D eigenvalue weighted by molar-refractivity contribution is -0.117. The van der Waals surface area contributed by atoms with E-state index >= 15 is 0 Å². The second-order valence-electron chi connectivity index (χ2n) is 4.41. The average Bonchev–Trinajstić information content (AvgIpc) is 2.86. The molecule has 1 aromatic carbocycles. The first-order chi connectivity index (χ1) is 9.88. The van der Waals surface area contributed by atoms with Gasteiger partial charge < -0.3 is 16.2 Å². The maximum Gasteiger partial charge on any atom is 0.337 e. The summed E-state index contributed by atoms with van der Waals surface area (Å²) in [6.45, 7) is 0. The number of carboxylic acids is 1. The number of anilines is 1. The Hall–Kier alpha value is -2.38. The fourth-order valence-electron chi connectivity index (χ4n) is 1.74. The van der Waals surface area contributed by atoms with Crippen molar-refractivity contribution in [2.24, 2.45) is 12.8 Å². The molecule has 0 bridgehead atoms. The van der Waals surface area contributed by atoms with E-state index in [2.05, 4.69) is 10.4 Å². The van der Waals surface area contributed by atoms with Crippen molar-refractivity contribution in [2.45, 2.75) is 6.04 Å². The van der Waals surface area contributed by atoms with Gasteiger partial charge in [-0.3, -0.25) is 9.48 Å². The summed E-state index contributed by atoms with van der Waals surface area (Å²) >= 11 is 5.76. The first-order valence-electron chi connectivity index (χ1n) is 5.96. The second-order valence-corrected chi connectivity index (χ2v) is 4.82. The average molecular weight is 309 g/mol. The minimum Gasteiger partial charge on any atom is -0.478 e. The minimum absolute atomic E-state index is 0.0931. The molecule has 8 heteroatoms. The molecule has 4 N–H and O–H groups in total. The van der Waals surface area contributed by atoms with Crippen LogP contribution in [0.1, 0.15) is 22.0 Å². The Morgan fingerprint density at radius 1 is 1.48 bits per heavy atom. The van der Waals surface area contributed by atoms with Gasteiger partial charge in [0.2, 0.25) is 5.91 Å². The molecule has 2 aromatic rings. The Bertz CT molecular complexity index is 698. The van der Waals surface area contributed by atoms with Gasteiger partial charge in [-0.05, 0) is 18.2 Å². The molecule has 0 aliphatic carbocycles. The molecule has 2 rings (SSSR count). The Labute approximate surface area is 125 Å². The van der Waals surface area contributed by atoms with Crippen LogP contribution >= 0.6 is 11.6 Å². The summed E-state index contributed by atoms with van der Waals surface area (Å²) in [5.41, 5.74) is 6.59. The van der Waals surface area contributed by atoms with Crippen molar-refractivity contribution >= 4 is 29.2 Å². The summed E-state index contributed by atoms with van der Waals surface area (Å²) in [6, 6.07) is 3.28. The van der Waals surface area contributed by atoms with Crippen LogP contribution in [-0.2, 0) is 11.8 Å². The van der Waals surface area contributed by atoms with Crippen molar-refractivity contribution in [3.8, 4) is 0 Å². The van der Waals surface area contributed by atoms with E-state index in [9.17, 15) is 9.59 Å². The van der Waals surface area contributed by atoms with Crippen LogP contribution in [0.15, 0.2) is 30.6 Å². The predicted molar refractivity (Wildman–Crippen MR) is 77.2 cm³/mol. The third kappa shape index (κ3) is 3.39. The third-order valence-electron chi connectivity index (χ3n) is 2.83. The Morgan fingerprint density at radius 3 is 2.76 bits per heavy atom. The molecule has 1 amide bonds. The summed E-state index contributed by atoms with van der Waals surface area (Å²) in [7, 11) is 1.71. The van der Waals surface area contributed by atoms with Crippen LogP contribution in [0, 0.1) is 0 Å². The number of aromatic nitrogens is 2. The summed E-state index contributed by atoms with van der Waals surface area (Å²) in [4.78, 5) is 23.0. The number of nitrogens with zero attached hydrogens (tertiary/aromatic N) is 2. The molecule has 1 unspecified atom stereocenters. The summed E-state index contributed by atoms with van der Waals surface area (Å²) in [6.07, 6.45) is 3.13. The Morgan fingerprint density at radius 2 is 2.19 bits per heavy atom. The molecule has 0 radical (unpaired) electrons. The van der Waals surface area contributed by atoms with Gasteiger partial charge in [0.15, 0.2) is 0 Å². The number of carbonyl (C=O) groups is 2. The zero-order valence-electron chi connectivity index (χ0n) is 11.1. The number of rotatable bonds is 4. The van der Waals surface area contributed by atoms with Crippen molar-refractivity contribution in [1.82, 2.24) is 9.78 Å². The molecule has 21 heavy (non-hydrogen) atoms. The number of carboxylic acid groups (broad SMARTS) is 1. The van der Waals surface area contributed by atoms with Crippen LogP contribution in [0.5, 0.6) is 0 Å². The molecule has 7 nitrogen and oxygen atoms in total. The highest BCUT2D eigenvalue weighted by molar-refractivity contribution is 6.33. The molecule has 110 valence electrons. The molecule has 0 saturated heterocycles. The maximum atomic E-state index is 12.0. The van der Waals surface area contributed by atoms with Crippen molar-refractivity contribution in [1.29, 1.82) is 0 Å². The van der Waals surface area contributed by atoms with E-state index in [1.807, 2.05) is 0 Å². The van der Waals surface area contributed by atoms with Crippen LogP contribution in [0.4, 0.5) is 5.69 Å². The zero-order chi connectivity index (χ0) is 15.6. The van der Waals surface area contributed by atoms with Crippen molar-refractivity contribution in [2.75, 3.05) is 5.32 Å². The highest BCUT2D eigenvalue weighted by Crippen LogP contribution is 2.21. The van der Waals surface area contributed by atoms with E-state index in [-0.39, 0.29) is 10.6 Å². The van der Waals surface area contributed by atoms with Crippen LogP contribution in [0.2, 0.25) is 5.02 Å². The standard InChI is InChI=1S/C13H13ClN4O3/c1-18-6-7(5-16-18)11(15)12(19)17-8-2-3-10(14)9(4-8)13(20)21/h2-6,11H,15H2,1H3,(H,17,19)(H,20,21). The van der Waals surface area contributed by atoms with Crippen LogP contribution in [0.3, 0.4) is 0 Å². The number of hydrogen-bond donors (Lipinski definition) is 3. The van der Waals surface area contributed by atoms with E-state index < -0.39 is 17.9 Å². The highest BCUT2D eigenvalue weighted by Gasteiger charge is 2.18. The summed E-state index contributed by atoms with van der Waals surface area (Å²) < 4.78 is 1.54. The topological polar surface area (TPSA) is 110 Å². The number of nitrogens with two attached hydrogens (primary N) is 1. The molecule has 1 atom stereocenters. The van der Waals surface area contributed by atoms with Gasteiger partial charge in [-0.1, -0.05) is 11.6 Å². The fourth-order valence-corrected chi connectivity index (χ4v) is 1.94. The smallest absolute Gasteiger partial charge is 0.337 e. The number of halogens is 1. The molecule has 0 aliphatic rings. The molecule has 0 spiro atoms. The van der Waals surface area contributed by atoms with Crippen molar-refractivity contribution < 1.29 is 14.7 Å². The van der Waals surface area contributed by atoms with Gasteiger partial charge in [0.1, 0.15) is 6.04 Å².